The third-order valence-corrected chi connectivity index (χ3v) is 3.89. The van der Waals surface area contributed by atoms with Crippen LogP contribution in [0.25, 0.3) is 0 Å². The number of hydrogen-bond donors (Lipinski definition) is 1. The van der Waals surface area contributed by atoms with Crippen LogP contribution in [-0.4, -0.2) is 18.8 Å². The fourth-order valence-electron chi connectivity index (χ4n) is 2.05. The highest BCUT2D eigenvalue weighted by atomic mass is 32.2. The normalized spacial score (nSPS) is 10.3. The van der Waals surface area contributed by atoms with Gasteiger partial charge in [0.2, 0.25) is 5.91 Å². The van der Waals surface area contributed by atoms with Crippen LogP contribution in [0.3, 0.4) is 0 Å². The number of nitrogens with one attached hydrogen (secondary N) is 1. The Balaban J connectivity index is 1.71. The number of thioether (sulfide) groups is 1. The second-order valence-electron chi connectivity index (χ2n) is 5.05. The SMILES string of the molecule is CSc1cccc(NC(=O)CCCOc2cccc(C)c2)c1. The first-order valence-corrected chi connectivity index (χ1v) is 8.53. The molecule has 0 aliphatic carbocycles. The molecule has 2 aromatic rings. The Kier molecular flexibility index (Phi) is 6.34. The Morgan fingerprint density at radius 3 is 2.77 bits per heavy atom. The number of aryl methyl sites for hydroxylation is 1. The van der Waals surface area contributed by atoms with Crippen LogP contribution < -0.4 is 10.1 Å². The van der Waals surface area contributed by atoms with Crippen molar-refractivity contribution in [2.24, 2.45) is 0 Å². The molecule has 116 valence electrons. The molecular formula is C18H21NO2S. The van der Waals surface area contributed by atoms with E-state index in [1.54, 1.807) is 11.8 Å². The van der Waals surface area contributed by atoms with E-state index in [9.17, 15) is 4.79 Å². The lowest BCUT2D eigenvalue weighted by atomic mass is 10.2. The molecule has 0 unspecified atom stereocenters. The maximum atomic E-state index is 11.9. The summed E-state index contributed by atoms with van der Waals surface area (Å²) in [6.07, 6.45) is 3.17. The fourth-order valence-corrected chi connectivity index (χ4v) is 2.51. The molecule has 0 radical (unpaired) electrons. The van der Waals surface area contributed by atoms with E-state index in [1.807, 2.05) is 61.7 Å². The van der Waals surface area contributed by atoms with E-state index in [0.717, 1.165) is 16.3 Å². The second kappa shape index (κ2) is 8.49. The number of carbonyl (C=O) groups excluding carboxylic acids is 1. The highest BCUT2D eigenvalue weighted by Gasteiger charge is 2.03. The maximum absolute atomic E-state index is 11.9. The number of rotatable bonds is 7. The quantitative estimate of drug-likeness (QED) is 0.603. The van der Waals surface area contributed by atoms with Crippen molar-refractivity contribution in [3.8, 4) is 5.75 Å². The van der Waals surface area contributed by atoms with Gasteiger partial charge in [0, 0.05) is 17.0 Å². The summed E-state index contributed by atoms with van der Waals surface area (Å²) in [6.45, 7) is 2.57. The van der Waals surface area contributed by atoms with Gasteiger partial charge in [0.05, 0.1) is 6.61 Å². The van der Waals surface area contributed by atoms with Crippen LogP contribution in [0.15, 0.2) is 53.4 Å². The van der Waals surface area contributed by atoms with Crippen LogP contribution in [0, 0.1) is 6.92 Å². The van der Waals surface area contributed by atoms with Gasteiger partial charge < -0.3 is 10.1 Å². The van der Waals surface area contributed by atoms with Gasteiger partial charge in [-0.1, -0.05) is 18.2 Å². The van der Waals surface area contributed by atoms with Crippen molar-refractivity contribution in [3.05, 3.63) is 54.1 Å². The first kappa shape index (κ1) is 16.4. The minimum absolute atomic E-state index is 0.0195. The zero-order chi connectivity index (χ0) is 15.8. The third-order valence-electron chi connectivity index (χ3n) is 3.16. The van der Waals surface area contributed by atoms with Crippen LogP contribution in [0.4, 0.5) is 5.69 Å². The minimum Gasteiger partial charge on any atom is -0.494 e. The fraction of sp³-hybridized carbons (Fsp3) is 0.278. The highest BCUT2D eigenvalue weighted by molar-refractivity contribution is 7.98. The Bertz CT molecular complexity index is 628. The van der Waals surface area contributed by atoms with E-state index >= 15 is 0 Å². The molecule has 1 amide bonds. The molecule has 0 heterocycles. The van der Waals surface area contributed by atoms with Gasteiger partial charge in [0.1, 0.15) is 5.75 Å². The van der Waals surface area contributed by atoms with E-state index in [1.165, 1.54) is 5.56 Å². The number of ether oxygens (including phenoxy) is 1. The molecule has 0 saturated heterocycles. The number of anilines is 1. The van der Waals surface area contributed by atoms with Crippen LogP contribution >= 0.6 is 11.8 Å². The van der Waals surface area contributed by atoms with Crippen LogP contribution in [0.2, 0.25) is 0 Å². The van der Waals surface area contributed by atoms with Crippen LogP contribution in [0.5, 0.6) is 5.75 Å². The molecule has 0 aliphatic rings. The van der Waals surface area contributed by atoms with Gasteiger partial charge in [-0.15, -0.1) is 11.8 Å². The largest absolute Gasteiger partial charge is 0.494 e. The van der Waals surface area contributed by atoms with Gasteiger partial charge in [-0.3, -0.25) is 4.79 Å². The summed E-state index contributed by atoms with van der Waals surface area (Å²) in [7, 11) is 0. The lowest BCUT2D eigenvalue weighted by Crippen LogP contribution is -2.12. The van der Waals surface area contributed by atoms with Crippen LogP contribution in [0.1, 0.15) is 18.4 Å². The highest BCUT2D eigenvalue weighted by Crippen LogP contribution is 2.19. The Hall–Kier alpha value is -1.94. The standard InChI is InChI=1S/C18H21NO2S/c1-14-6-3-8-16(12-14)21-11-5-10-18(20)19-15-7-4-9-17(13-15)22-2/h3-4,6-9,12-13H,5,10-11H2,1-2H3,(H,19,20). The molecule has 1 N–H and O–H groups in total. The first-order valence-electron chi connectivity index (χ1n) is 7.31. The van der Waals surface area contributed by atoms with Gasteiger partial charge in [0.25, 0.3) is 0 Å². The molecule has 4 heteroatoms. The number of carbonyl (C=O) groups is 1. The molecule has 0 atom stereocenters. The number of benzene rings is 2. The van der Waals surface area contributed by atoms with Crippen LogP contribution in [-0.2, 0) is 4.79 Å². The van der Waals surface area contributed by atoms with Crippen molar-refractivity contribution in [2.45, 2.75) is 24.7 Å². The van der Waals surface area contributed by atoms with E-state index in [4.69, 9.17) is 4.74 Å². The summed E-state index contributed by atoms with van der Waals surface area (Å²) in [4.78, 5) is 13.0. The Morgan fingerprint density at radius 2 is 2.00 bits per heavy atom. The van der Waals surface area contributed by atoms with E-state index in [2.05, 4.69) is 5.32 Å². The average Bonchev–Trinajstić information content (AvgIpc) is 2.52. The predicted octanol–water partition coefficient (Wildman–Crippen LogP) is 4.51. The predicted molar refractivity (Wildman–Crippen MR) is 92.8 cm³/mol. The molecule has 22 heavy (non-hydrogen) atoms. The van der Waals surface area contributed by atoms with Gasteiger partial charge in [-0.2, -0.15) is 0 Å². The van der Waals surface area contributed by atoms with E-state index in [0.29, 0.717) is 19.4 Å². The summed E-state index contributed by atoms with van der Waals surface area (Å²) in [6, 6.07) is 15.8. The minimum atomic E-state index is 0.0195. The molecule has 0 saturated carbocycles. The first-order chi connectivity index (χ1) is 10.7. The molecule has 2 rings (SSSR count). The molecule has 2 aromatic carbocycles. The summed E-state index contributed by atoms with van der Waals surface area (Å²) in [5.41, 5.74) is 2.01. The zero-order valence-electron chi connectivity index (χ0n) is 13.0. The smallest absolute Gasteiger partial charge is 0.224 e. The van der Waals surface area contributed by atoms with Crippen molar-refractivity contribution in [3.63, 3.8) is 0 Å². The zero-order valence-corrected chi connectivity index (χ0v) is 13.8. The monoisotopic (exact) mass is 315 g/mol. The molecule has 0 fully saturated rings. The van der Waals surface area contributed by atoms with Crippen molar-refractivity contribution in [1.29, 1.82) is 0 Å². The lowest BCUT2D eigenvalue weighted by molar-refractivity contribution is -0.116. The molecule has 0 spiro atoms. The molecule has 0 bridgehead atoms. The lowest BCUT2D eigenvalue weighted by Gasteiger charge is -2.08. The van der Waals surface area contributed by atoms with Gasteiger partial charge in [-0.25, -0.2) is 0 Å². The van der Waals surface area contributed by atoms with Crippen molar-refractivity contribution < 1.29 is 9.53 Å². The number of amides is 1. The average molecular weight is 315 g/mol. The van der Waals surface area contributed by atoms with E-state index in [-0.39, 0.29) is 5.91 Å². The molecule has 0 aromatic heterocycles. The van der Waals surface area contributed by atoms with E-state index < -0.39 is 0 Å². The molecule has 0 aliphatic heterocycles. The van der Waals surface area contributed by atoms with Gasteiger partial charge in [-0.05, 0) is 55.5 Å². The van der Waals surface area contributed by atoms with Gasteiger partial charge in [0.15, 0.2) is 0 Å². The molecular weight excluding hydrogens is 294 g/mol. The van der Waals surface area contributed by atoms with Gasteiger partial charge >= 0.3 is 0 Å². The van der Waals surface area contributed by atoms with Crippen molar-refractivity contribution in [1.82, 2.24) is 0 Å². The topological polar surface area (TPSA) is 38.3 Å². The third kappa shape index (κ3) is 5.45. The Labute approximate surface area is 136 Å². The van der Waals surface area contributed by atoms with Crippen molar-refractivity contribution in [2.75, 3.05) is 18.2 Å². The summed E-state index contributed by atoms with van der Waals surface area (Å²) in [5.74, 6) is 0.874. The second-order valence-corrected chi connectivity index (χ2v) is 5.93. The van der Waals surface area contributed by atoms with Crippen molar-refractivity contribution >= 4 is 23.4 Å². The summed E-state index contributed by atoms with van der Waals surface area (Å²) in [5, 5.41) is 2.92. The molecule has 3 nitrogen and oxygen atoms in total. The number of hydrogen-bond acceptors (Lipinski definition) is 3. The summed E-state index contributed by atoms with van der Waals surface area (Å²) >= 11 is 1.66. The Morgan fingerprint density at radius 1 is 1.18 bits per heavy atom. The maximum Gasteiger partial charge on any atom is 0.224 e. The summed E-state index contributed by atoms with van der Waals surface area (Å²) < 4.78 is 5.64.